The van der Waals surface area contributed by atoms with Crippen molar-refractivity contribution < 1.29 is 9.53 Å². The van der Waals surface area contributed by atoms with Gasteiger partial charge in [0.05, 0.1) is 7.11 Å². The zero-order valence-corrected chi connectivity index (χ0v) is 16.7. The molecule has 0 unspecified atom stereocenters. The molecule has 1 fully saturated rings. The summed E-state index contributed by atoms with van der Waals surface area (Å²) in [6.07, 6.45) is 0. The Morgan fingerprint density at radius 1 is 1.04 bits per heavy atom. The van der Waals surface area contributed by atoms with Crippen LogP contribution >= 0.6 is 0 Å². The number of nitrogens with zero attached hydrogens (tertiary/aromatic N) is 2. The Labute approximate surface area is 161 Å². The molecule has 27 heavy (non-hydrogen) atoms. The first kappa shape index (κ1) is 19.1. The molecule has 0 saturated carbocycles. The zero-order valence-electron chi connectivity index (χ0n) is 16.7. The monoisotopic (exact) mass is 367 g/mol. The van der Waals surface area contributed by atoms with E-state index in [1.807, 2.05) is 49.1 Å². The van der Waals surface area contributed by atoms with Gasteiger partial charge in [-0.15, -0.1) is 0 Å². The van der Waals surface area contributed by atoms with E-state index in [-0.39, 0.29) is 5.91 Å². The lowest BCUT2D eigenvalue weighted by molar-refractivity contribution is -0.135. The van der Waals surface area contributed by atoms with E-state index in [0.29, 0.717) is 0 Å². The number of benzene rings is 2. The predicted molar refractivity (Wildman–Crippen MR) is 111 cm³/mol. The number of carbonyl (C=O) groups excluding carboxylic acids is 1. The molecule has 1 saturated heterocycles. The number of ether oxygens (including phenoxy) is 1. The van der Waals surface area contributed by atoms with Gasteiger partial charge < -0.3 is 19.9 Å². The molecular formula is C22H29N3O2. The van der Waals surface area contributed by atoms with E-state index in [0.717, 1.165) is 43.3 Å². The van der Waals surface area contributed by atoms with Gasteiger partial charge in [-0.2, -0.15) is 0 Å². The van der Waals surface area contributed by atoms with Gasteiger partial charge in [0.25, 0.3) is 0 Å². The smallest absolute Gasteiger partial charge is 0.247 e. The maximum absolute atomic E-state index is 13.1. The minimum absolute atomic E-state index is 0.133. The largest absolute Gasteiger partial charge is 0.497 e. The highest BCUT2D eigenvalue weighted by atomic mass is 16.5. The highest BCUT2D eigenvalue weighted by molar-refractivity contribution is 5.88. The third-order valence-corrected chi connectivity index (χ3v) is 5.03. The van der Waals surface area contributed by atoms with Gasteiger partial charge in [-0.3, -0.25) is 4.79 Å². The summed E-state index contributed by atoms with van der Waals surface area (Å²) in [6, 6.07) is 16.2. The van der Waals surface area contributed by atoms with E-state index in [4.69, 9.17) is 4.74 Å². The number of amides is 1. The van der Waals surface area contributed by atoms with Crippen LogP contribution in [0.5, 0.6) is 5.75 Å². The summed E-state index contributed by atoms with van der Waals surface area (Å²) in [4.78, 5) is 17.3. The molecule has 2 aromatic carbocycles. The molecule has 1 aliphatic rings. The highest BCUT2D eigenvalue weighted by Crippen LogP contribution is 2.24. The number of nitrogens with one attached hydrogen (secondary N) is 1. The lowest BCUT2D eigenvalue weighted by Gasteiger charge is -2.40. The average Bonchev–Trinajstić information content (AvgIpc) is 2.69. The number of piperazine rings is 1. The third kappa shape index (κ3) is 4.54. The van der Waals surface area contributed by atoms with Crippen LogP contribution in [0.3, 0.4) is 0 Å². The van der Waals surface area contributed by atoms with Crippen LogP contribution < -0.4 is 15.0 Å². The summed E-state index contributed by atoms with van der Waals surface area (Å²) < 4.78 is 5.31. The first-order chi connectivity index (χ1) is 12.9. The number of aryl methyl sites for hydroxylation is 1. The van der Waals surface area contributed by atoms with Crippen molar-refractivity contribution in [3.8, 4) is 5.75 Å². The van der Waals surface area contributed by atoms with Crippen LogP contribution in [-0.2, 0) is 4.79 Å². The van der Waals surface area contributed by atoms with Crippen molar-refractivity contribution in [2.24, 2.45) is 0 Å². The van der Waals surface area contributed by atoms with Crippen LogP contribution in [0.1, 0.15) is 19.4 Å². The van der Waals surface area contributed by atoms with Gasteiger partial charge in [-0.25, -0.2) is 0 Å². The Hall–Kier alpha value is -2.69. The molecule has 0 radical (unpaired) electrons. The Morgan fingerprint density at radius 2 is 1.70 bits per heavy atom. The maximum atomic E-state index is 13.1. The van der Waals surface area contributed by atoms with Crippen LogP contribution in [0.15, 0.2) is 48.5 Å². The molecule has 2 aromatic rings. The van der Waals surface area contributed by atoms with Crippen molar-refractivity contribution >= 4 is 17.3 Å². The fourth-order valence-electron chi connectivity index (χ4n) is 3.42. The Bertz CT molecular complexity index is 778. The van der Waals surface area contributed by atoms with Crippen LogP contribution in [0.4, 0.5) is 11.4 Å². The number of hydrogen-bond donors (Lipinski definition) is 1. The SMILES string of the molecule is COc1cccc(N2CCN(C(=O)C(C)(C)Nc3ccc(C)cc3)CC2)c1. The number of rotatable bonds is 5. The number of carbonyl (C=O) groups is 1. The molecule has 3 rings (SSSR count). The minimum Gasteiger partial charge on any atom is -0.497 e. The number of hydrogen-bond acceptors (Lipinski definition) is 4. The predicted octanol–water partition coefficient (Wildman–Crippen LogP) is 3.54. The first-order valence-electron chi connectivity index (χ1n) is 9.42. The van der Waals surface area contributed by atoms with Crippen molar-refractivity contribution in [1.82, 2.24) is 4.90 Å². The molecule has 0 aromatic heterocycles. The average molecular weight is 367 g/mol. The molecule has 0 spiro atoms. The van der Waals surface area contributed by atoms with Crippen LogP contribution in [-0.4, -0.2) is 49.6 Å². The molecule has 1 amide bonds. The molecule has 1 heterocycles. The molecule has 5 nitrogen and oxygen atoms in total. The summed E-state index contributed by atoms with van der Waals surface area (Å²) >= 11 is 0. The lowest BCUT2D eigenvalue weighted by atomic mass is 10.0. The quantitative estimate of drug-likeness (QED) is 0.878. The first-order valence-corrected chi connectivity index (χ1v) is 9.42. The topological polar surface area (TPSA) is 44.8 Å². The van der Waals surface area contributed by atoms with Gasteiger partial charge in [0.15, 0.2) is 0 Å². The lowest BCUT2D eigenvalue weighted by Crippen LogP contribution is -2.56. The second-order valence-corrected chi connectivity index (χ2v) is 7.60. The minimum atomic E-state index is -0.645. The van der Waals surface area contributed by atoms with Gasteiger partial charge in [0.1, 0.15) is 11.3 Å². The van der Waals surface area contributed by atoms with Gasteiger partial charge >= 0.3 is 0 Å². The van der Waals surface area contributed by atoms with E-state index >= 15 is 0 Å². The van der Waals surface area contributed by atoms with E-state index in [2.05, 4.69) is 35.3 Å². The Kier molecular flexibility index (Phi) is 5.59. The van der Waals surface area contributed by atoms with Crippen molar-refractivity contribution in [3.05, 3.63) is 54.1 Å². The summed E-state index contributed by atoms with van der Waals surface area (Å²) in [7, 11) is 1.68. The van der Waals surface area contributed by atoms with Crippen LogP contribution in [0.25, 0.3) is 0 Å². The molecule has 1 N–H and O–H groups in total. The Balaban J connectivity index is 1.60. The summed E-state index contributed by atoms with van der Waals surface area (Å²) in [5, 5.41) is 3.38. The third-order valence-electron chi connectivity index (χ3n) is 5.03. The van der Waals surface area contributed by atoms with E-state index in [1.165, 1.54) is 5.56 Å². The van der Waals surface area contributed by atoms with Gasteiger partial charge in [-0.1, -0.05) is 23.8 Å². The van der Waals surface area contributed by atoms with Gasteiger partial charge in [-0.05, 0) is 45.0 Å². The second-order valence-electron chi connectivity index (χ2n) is 7.60. The van der Waals surface area contributed by atoms with E-state index < -0.39 is 5.54 Å². The fourth-order valence-corrected chi connectivity index (χ4v) is 3.42. The zero-order chi connectivity index (χ0) is 19.4. The maximum Gasteiger partial charge on any atom is 0.247 e. The number of anilines is 2. The summed E-state index contributed by atoms with van der Waals surface area (Å²) in [6.45, 7) is 9.03. The molecule has 0 atom stereocenters. The fraction of sp³-hybridized carbons (Fsp3) is 0.409. The van der Waals surface area contributed by atoms with Crippen LogP contribution in [0, 0.1) is 6.92 Å². The molecule has 0 aliphatic carbocycles. The van der Waals surface area contributed by atoms with E-state index in [1.54, 1.807) is 7.11 Å². The summed E-state index contributed by atoms with van der Waals surface area (Å²) in [5.41, 5.74) is 2.67. The molecule has 144 valence electrons. The standard InChI is InChI=1S/C22H29N3O2/c1-17-8-10-18(11-9-17)23-22(2,3)21(26)25-14-12-24(13-15-25)19-6-5-7-20(16-19)27-4/h5-11,16,23H,12-15H2,1-4H3. The van der Waals surface area contributed by atoms with Crippen molar-refractivity contribution in [2.45, 2.75) is 26.3 Å². The Morgan fingerprint density at radius 3 is 2.33 bits per heavy atom. The second kappa shape index (κ2) is 7.91. The molecular weight excluding hydrogens is 338 g/mol. The van der Waals surface area contributed by atoms with Gasteiger partial charge in [0.2, 0.25) is 5.91 Å². The van der Waals surface area contributed by atoms with Crippen molar-refractivity contribution in [3.63, 3.8) is 0 Å². The highest BCUT2D eigenvalue weighted by Gasteiger charge is 2.33. The molecule has 1 aliphatic heterocycles. The van der Waals surface area contributed by atoms with Crippen molar-refractivity contribution in [2.75, 3.05) is 43.5 Å². The number of methoxy groups -OCH3 is 1. The van der Waals surface area contributed by atoms with Crippen LogP contribution in [0.2, 0.25) is 0 Å². The van der Waals surface area contributed by atoms with Crippen molar-refractivity contribution in [1.29, 1.82) is 0 Å². The van der Waals surface area contributed by atoms with E-state index in [9.17, 15) is 4.79 Å². The molecule has 0 bridgehead atoms. The normalized spacial score (nSPS) is 14.8. The van der Waals surface area contributed by atoms with Gasteiger partial charge in [0, 0.05) is 43.6 Å². The summed E-state index contributed by atoms with van der Waals surface area (Å²) in [5.74, 6) is 0.989. The molecule has 5 heteroatoms.